The van der Waals surface area contributed by atoms with Gasteiger partial charge in [0.15, 0.2) is 0 Å². The Labute approximate surface area is 70.8 Å². The van der Waals surface area contributed by atoms with Crippen LogP contribution in [0, 0.1) is 0 Å². The summed E-state index contributed by atoms with van der Waals surface area (Å²) in [6, 6.07) is 1.80. The van der Waals surface area contributed by atoms with Gasteiger partial charge in [0.1, 0.15) is 0 Å². The number of nitrogens with zero attached hydrogens (tertiary/aromatic N) is 2. The van der Waals surface area contributed by atoms with Gasteiger partial charge in [-0.05, 0) is 13.8 Å². The molecule has 0 aromatic carbocycles. The zero-order chi connectivity index (χ0) is 9.14. The fourth-order valence-corrected chi connectivity index (χ4v) is 0.779. The molecule has 0 saturated carbocycles. The van der Waals surface area contributed by atoms with Crippen LogP contribution in [0.2, 0.25) is 0 Å². The molecular weight excluding hydrogens is 159 g/mol. The van der Waals surface area contributed by atoms with E-state index in [-0.39, 0.29) is 11.9 Å². The first-order valence-corrected chi connectivity index (χ1v) is 3.67. The fourth-order valence-electron chi connectivity index (χ4n) is 0.779. The van der Waals surface area contributed by atoms with Gasteiger partial charge in [0.25, 0.3) is 0 Å². The largest absolute Gasteiger partial charge is 0.708 e. The molecule has 0 unspecified atom stereocenters. The molecule has 1 rings (SSSR count). The molecule has 0 radical (unpaired) electrons. The molecule has 1 aromatic rings. The van der Waals surface area contributed by atoms with Crippen LogP contribution < -0.4 is 4.65 Å². The summed E-state index contributed by atoms with van der Waals surface area (Å²) in [5.41, 5.74) is 0. The van der Waals surface area contributed by atoms with Crippen molar-refractivity contribution < 1.29 is 14.7 Å². The molecular formula is C6H11BN2O3. The van der Waals surface area contributed by atoms with E-state index >= 15 is 0 Å². The zero-order valence-electron chi connectivity index (χ0n) is 7.01. The highest BCUT2D eigenvalue weighted by Crippen LogP contribution is 2.09. The summed E-state index contributed by atoms with van der Waals surface area (Å²) in [6.45, 7) is 3.93. The van der Waals surface area contributed by atoms with Gasteiger partial charge in [-0.2, -0.15) is 0 Å². The maximum absolute atomic E-state index is 8.44. The molecule has 0 saturated heterocycles. The lowest BCUT2D eigenvalue weighted by Crippen LogP contribution is -2.21. The van der Waals surface area contributed by atoms with Gasteiger partial charge in [-0.1, -0.05) is 0 Å². The second kappa shape index (κ2) is 3.60. The van der Waals surface area contributed by atoms with Crippen LogP contribution in [0.4, 0.5) is 0 Å². The van der Waals surface area contributed by atoms with Crippen LogP contribution >= 0.6 is 0 Å². The smallest absolute Gasteiger partial charge is 0.497 e. The molecule has 0 spiro atoms. The van der Waals surface area contributed by atoms with Gasteiger partial charge >= 0.3 is 7.32 Å². The lowest BCUT2D eigenvalue weighted by Gasteiger charge is -2.03. The Balaban J connectivity index is 2.64. The zero-order valence-corrected chi connectivity index (χ0v) is 7.01. The van der Waals surface area contributed by atoms with Crippen molar-refractivity contribution in [3.63, 3.8) is 0 Å². The predicted octanol–water partition coefficient (Wildman–Crippen LogP) is -0.188. The Morgan fingerprint density at radius 1 is 1.58 bits per heavy atom. The minimum Gasteiger partial charge on any atom is -0.497 e. The summed E-state index contributed by atoms with van der Waals surface area (Å²) in [5, 5.41) is 20.8. The lowest BCUT2D eigenvalue weighted by atomic mass is 10.3. The van der Waals surface area contributed by atoms with Crippen LogP contribution in [0.5, 0.6) is 5.88 Å². The normalized spacial score (nSPS) is 10.4. The Morgan fingerprint density at radius 3 is 2.67 bits per heavy atom. The second-order valence-corrected chi connectivity index (χ2v) is 2.67. The van der Waals surface area contributed by atoms with Crippen LogP contribution in [0.25, 0.3) is 0 Å². The number of rotatable bonds is 3. The molecule has 0 atom stereocenters. The van der Waals surface area contributed by atoms with Crippen molar-refractivity contribution in [1.82, 2.24) is 9.78 Å². The second-order valence-electron chi connectivity index (χ2n) is 2.67. The molecule has 6 heteroatoms. The molecule has 0 fully saturated rings. The number of aromatic nitrogens is 2. The van der Waals surface area contributed by atoms with Crippen molar-refractivity contribution in [3.05, 3.63) is 12.3 Å². The fraction of sp³-hybridized carbons (Fsp3) is 0.500. The number of hydrogen-bond acceptors (Lipinski definition) is 4. The van der Waals surface area contributed by atoms with Gasteiger partial charge in [0.05, 0.1) is 0 Å². The monoisotopic (exact) mass is 170 g/mol. The maximum atomic E-state index is 8.44. The summed E-state index contributed by atoms with van der Waals surface area (Å²) in [7, 11) is -1.81. The van der Waals surface area contributed by atoms with E-state index in [1.807, 2.05) is 13.8 Å². The Bertz CT molecular complexity index is 249. The van der Waals surface area contributed by atoms with Crippen LogP contribution in [0.3, 0.4) is 0 Å². The summed E-state index contributed by atoms with van der Waals surface area (Å²) in [4.78, 5) is 0. The summed E-state index contributed by atoms with van der Waals surface area (Å²) >= 11 is 0. The minimum atomic E-state index is -1.81. The average molecular weight is 170 g/mol. The predicted molar refractivity (Wildman–Crippen MR) is 43.4 cm³/mol. The standard InChI is InChI=1S/C6H11BN2O3/c1-5(2)9-4-3-6(8-9)12-7(10)11/h3-5,10-11H,1-2H3. The average Bonchev–Trinajstić information content (AvgIpc) is 2.34. The molecule has 0 aliphatic heterocycles. The highest BCUT2D eigenvalue weighted by atomic mass is 16.6. The minimum absolute atomic E-state index is 0.207. The van der Waals surface area contributed by atoms with Gasteiger partial charge in [0.2, 0.25) is 5.88 Å². The summed E-state index contributed by atoms with van der Waals surface area (Å²) < 4.78 is 6.19. The van der Waals surface area contributed by atoms with Gasteiger partial charge in [-0.15, -0.1) is 5.10 Å². The van der Waals surface area contributed by atoms with Crippen molar-refractivity contribution in [2.24, 2.45) is 0 Å². The summed E-state index contributed by atoms with van der Waals surface area (Å²) in [5.74, 6) is 0.207. The van der Waals surface area contributed by atoms with Crippen LogP contribution in [0.1, 0.15) is 19.9 Å². The Kier molecular flexibility index (Phi) is 2.72. The molecule has 2 N–H and O–H groups in total. The highest BCUT2D eigenvalue weighted by Gasteiger charge is 2.13. The first-order chi connectivity index (χ1) is 5.59. The maximum Gasteiger partial charge on any atom is 0.708 e. The van der Waals surface area contributed by atoms with Gasteiger partial charge < -0.3 is 14.7 Å². The van der Waals surface area contributed by atoms with E-state index in [1.165, 1.54) is 0 Å². The van der Waals surface area contributed by atoms with E-state index in [0.29, 0.717) is 0 Å². The van der Waals surface area contributed by atoms with E-state index in [0.717, 1.165) is 0 Å². The van der Waals surface area contributed by atoms with Crippen molar-refractivity contribution >= 4 is 7.32 Å². The van der Waals surface area contributed by atoms with E-state index in [1.54, 1.807) is 16.9 Å². The first kappa shape index (κ1) is 9.09. The molecule has 0 amide bonds. The molecule has 1 aromatic heterocycles. The van der Waals surface area contributed by atoms with Crippen molar-refractivity contribution in [1.29, 1.82) is 0 Å². The van der Waals surface area contributed by atoms with Crippen LogP contribution in [-0.2, 0) is 0 Å². The third-order valence-electron chi connectivity index (χ3n) is 1.34. The molecule has 1 heterocycles. The molecule has 0 bridgehead atoms. The van der Waals surface area contributed by atoms with E-state index in [2.05, 4.69) is 9.75 Å². The van der Waals surface area contributed by atoms with Crippen LogP contribution in [-0.4, -0.2) is 27.1 Å². The summed E-state index contributed by atoms with van der Waals surface area (Å²) in [6.07, 6.45) is 1.71. The van der Waals surface area contributed by atoms with Crippen molar-refractivity contribution in [3.8, 4) is 5.88 Å². The first-order valence-electron chi connectivity index (χ1n) is 3.67. The Hall–Kier alpha value is -1.01. The topological polar surface area (TPSA) is 67.5 Å². The van der Waals surface area contributed by atoms with Crippen molar-refractivity contribution in [2.75, 3.05) is 0 Å². The number of hydrogen-bond donors (Lipinski definition) is 2. The Morgan fingerprint density at radius 2 is 2.25 bits per heavy atom. The van der Waals surface area contributed by atoms with Gasteiger partial charge in [-0.3, -0.25) is 4.68 Å². The van der Waals surface area contributed by atoms with Gasteiger partial charge in [0, 0.05) is 18.3 Å². The van der Waals surface area contributed by atoms with E-state index < -0.39 is 7.32 Å². The third-order valence-corrected chi connectivity index (χ3v) is 1.34. The quantitative estimate of drug-likeness (QED) is 0.617. The van der Waals surface area contributed by atoms with Crippen LogP contribution in [0.15, 0.2) is 12.3 Å². The third kappa shape index (κ3) is 2.25. The highest BCUT2D eigenvalue weighted by molar-refractivity contribution is 6.33. The molecule has 0 aliphatic carbocycles. The molecule has 0 aliphatic rings. The van der Waals surface area contributed by atoms with Crippen molar-refractivity contribution in [2.45, 2.75) is 19.9 Å². The lowest BCUT2D eigenvalue weighted by molar-refractivity contribution is 0.281. The van der Waals surface area contributed by atoms with E-state index in [9.17, 15) is 0 Å². The molecule has 66 valence electrons. The van der Waals surface area contributed by atoms with Gasteiger partial charge in [-0.25, -0.2) is 0 Å². The SMILES string of the molecule is CC(C)n1ccc(OB(O)O)n1. The molecule has 12 heavy (non-hydrogen) atoms. The molecule has 5 nitrogen and oxygen atoms in total. The van der Waals surface area contributed by atoms with E-state index in [4.69, 9.17) is 10.0 Å².